The summed E-state index contributed by atoms with van der Waals surface area (Å²) in [5.74, 6) is 0. The molecule has 2 fully saturated rings. The van der Waals surface area contributed by atoms with Gasteiger partial charge >= 0.3 is 0 Å². The third kappa shape index (κ3) is 3.29. The first-order valence-electron chi connectivity index (χ1n) is 5.52. The average Bonchev–Trinajstić information content (AvgIpc) is 2.45. The fourth-order valence-corrected chi connectivity index (χ4v) is 2.35. The van der Waals surface area contributed by atoms with Crippen molar-refractivity contribution in [1.82, 2.24) is 10.2 Å². The van der Waals surface area contributed by atoms with Gasteiger partial charge in [0.1, 0.15) is 0 Å². The van der Waals surface area contributed by atoms with Gasteiger partial charge in [-0.05, 0) is 13.3 Å². The zero-order chi connectivity index (χ0) is 9.97. The number of hydrogen-bond acceptors (Lipinski definition) is 4. The second-order valence-electron chi connectivity index (χ2n) is 4.32. The summed E-state index contributed by atoms with van der Waals surface area (Å²) in [7, 11) is 0. The van der Waals surface area contributed by atoms with Gasteiger partial charge in [-0.1, -0.05) is 0 Å². The van der Waals surface area contributed by atoms with Gasteiger partial charge in [0.2, 0.25) is 0 Å². The van der Waals surface area contributed by atoms with Crippen molar-refractivity contribution in [2.75, 3.05) is 32.8 Å². The molecule has 0 saturated carbocycles. The van der Waals surface area contributed by atoms with Gasteiger partial charge in [-0.2, -0.15) is 0 Å². The molecule has 5 heteroatoms. The molecule has 2 aliphatic rings. The van der Waals surface area contributed by atoms with Crippen molar-refractivity contribution in [3.63, 3.8) is 0 Å². The van der Waals surface area contributed by atoms with Crippen molar-refractivity contribution in [2.24, 2.45) is 0 Å². The zero-order valence-electron chi connectivity index (χ0n) is 9.19. The molecular formula is C10H21ClN2O2. The monoisotopic (exact) mass is 236 g/mol. The van der Waals surface area contributed by atoms with Gasteiger partial charge in [-0.25, -0.2) is 0 Å². The lowest BCUT2D eigenvalue weighted by Crippen LogP contribution is -2.45. The van der Waals surface area contributed by atoms with E-state index in [0.717, 1.165) is 39.2 Å². The molecule has 2 heterocycles. The van der Waals surface area contributed by atoms with Crippen molar-refractivity contribution in [3.05, 3.63) is 0 Å². The number of aliphatic hydroxyl groups is 1. The van der Waals surface area contributed by atoms with Crippen LogP contribution >= 0.6 is 12.4 Å². The topological polar surface area (TPSA) is 44.7 Å². The van der Waals surface area contributed by atoms with Gasteiger partial charge in [-0.3, -0.25) is 4.90 Å². The Kier molecular flexibility index (Phi) is 5.29. The Bertz CT molecular complexity index is 194. The number of β-amino-alcohol motifs (C(OH)–C–C–N with tert-alkyl or cyclic N) is 1. The molecule has 0 aromatic heterocycles. The highest BCUT2D eigenvalue weighted by atomic mass is 35.5. The molecule has 2 aliphatic heterocycles. The van der Waals surface area contributed by atoms with E-state index in [-0.39, 0.29) is 18.5 Å². The molecule has 2 N–H and O–H groups in total. The first-order valence-corrected chi connectivity index (χ1v) is 5.52. The van der Waals surface area contributed by atoms with Gasteiger partial charge in [0.05, 0.1) is 12.2 Å². The Labute approximate surface area is 97.4 Å². The smallest absolute Gasteiger partial charge is 0.0831 e. The number of nitrogens with zero attached hydrogens (tertiary/aromatic N) is 1. The minimum Gasteiger partial charge on any atom is -0.390 e. The lowest BCUT2D eigenvalue weighted by Gasteiger charge is -2.29. The van der Waals surface area contributed by atoms with Gasteiger partial charge in [0.15, 0.2) is 0 Å². The van der Waals surface area contributed by atoms with E-state index >= 15 is 0 Å². The summed E-state index contributed by atoms with van der Waals surface area (Å²) in [6, 6.07) is 0.291. The molecule has 4 nitrogen and oxygen atoms in total. The van der Waals surface area contributed by atoms with Gasteiger partial charge in [0, 0.05) is 38.8 Å². The van der Waals surface area contributed by atoms with Crippen LogP contribution in [0.3, 0.4) is 0 Å². The molecule has 0 radical (unpaired) electrons. The largest absolute Gasteiger partial charge is 0.390 e. The van der Waals surface area contributed by atoms with E-state index in [0.29, 0.717) is 12.1 Å². The van der Waals surface area contributed by atoms with Crippen LogP contribution in [0.1, 0.15) is 13.3 Å². The molecule has 2 saturated heterocycles. The van der Waals surface area contributed by atoms with E-state index < -0.39 is 0 Å². The van der Waals surface area contributed by atoms with Crippen molar-refractivity contribution >= 4 is 12.4 Å². The molecule has 2 rings (SSSR count). The number of ether oxygens (including phenoxy) is 1. The van der Waals surface area contributed by atoms with Crippen LogP contribution in [0.2, 0.25) is 0 Å². The van der Waals surface area contributed by atoms with Crippen molar-refractivity contribution < 1.29 is 9.84 Å². The fraction of sp³-hybridized carbons (Fsp3) is 1.00. The van der Waals surface area contributed by atoms with Gasteiger partial charge in [0.25, 0.3) is 0 Å². The summed E-state index contributed by atoms with van der Waals surface area (Å²) in [4.78, 5) is 2.36. The Hall–Kier alpha value is 0.130. The van der Waals surface area contributed by atoms with Crippen molar-refractivity contribution in [3.8, 4) is 0 Å². The SMILES string of the molecule is CC1CN([C@@H]2CNC[C@H]2O)CCCO1.Cl. The maximum Gasteiger partial charge on any atom is 0.0831 e. The third-order valence-electron chi connectivity index (χ3n) is 3.10. The second-order valence-corrected chi connectivity index (χ2v) is 4.32. The molecule has 90 valence electrons. The lowest BCUT2D eigenvalue weighted by molar-refractivity contribution is 0.0425. The Morgan fingerprint density at radius 1 is 1.40 bits per heavy atom. The van der Waals surface area contributed by atoms with Crippen LogP contribution in [0.15, 0.2) is 0 Å². The summed E-state index contributed by atoms with van der Waals surface area (Å²) in [6.45, 7) is 6.60. The fourth-order valence-electron chi connectivity index (χ4n) is 2.35. The summed E-state index contributed by atoms with van der Waals surface area (Å²) < 4.78 is 5.58. The number of rotatable bonds is 1. The van der Waals surface area contributed by atoms with Crippen LogP contribution in [0.5, 0.6) is 0 Å². The van der Waals surface area contributed by atoms with Crippen molar-refractivity contribution in [2.45, 2.75) is 31.6 Å². The molecule has 0 aromatic carbocycles. The molecule has 3 atom stereocenters. The lowest BCUT2D eigenvalue weighted by atomic mass is 10.1. The van der Waals surface area contributed by atoms with Crippen LogP contribution in [-0.2, 0) is 4.74 Å². The van der Waals surface area contributed by atoms with Crippen LogP contribution in [-0.4, -0.2) is 61.0 Å². The van der Waals surface area contributed by atoms with Crippen LogP contribution < -0.4 is 5.32 Å². The first-order chi connectivity index (χ1) is 6.77. The predicted octanol–water partition coefficient (Wildman–Crippen LogP) is -0.148. The van der Waals surface area contributed by atoms with E-state index in [1.54, 1.807) is 0 Å². The molecule has 15 heavy (non-hydrogen) atoms. The number of halogens is 1. The second kappa shape index (κ2) is 6.01. The highest BCUT2D eigenvalue weighted by molar-refractivity contribution is 5.85. The third-order valence-corrected chi connectivity index (χ3v) is 3.10. The summed E-state index contributed by atoms with van der Waals surface area (Å²) in [5, 5.41) is 13.0. The van der Waals surface area contributed by atoms with Gasteiger partial charge in [-0.15, -0.1) is 12.4 Å². The van der Waals surface area contributed by atoms with E-state index in [9.17, 15) is 5.11 Å². The highest BCUT2D eigenvalue weighted by Crippen LogP contribution is 2.14. The quantitative estimate of drug-likeness (QED) is 0.665. The molecule has 0 bridgehead atoms. The van der Waals surface area contributed by atoms with E-state index in [1.165, 1.54) is 0 Å². The standard InChI is InChI=1S/C10H20N2O2.ClH/c1-8-7-12(3-2-4-14-8)9-5-11-6-10(9)13;/h8-11,13H,2-7H2,1H3;1H/t8?,9-,10-;/m1./s1. The first kappa shape index (κ1) is 13.2. The van der Waals surface area contributed by atoms with Crippen molar-refractivity contribution in [1.29, 1.82) is 0 Å². The molecule has 0 aliphatic carbocycles. The molecule has 0 spiro atoms. The molecule has 0 aromatic rings. The summed E-state index contributed by atoms with van der Waals surface area (Å²) in [6.07, 6.45) is 1.17. The van der Waals surface area contributed by atoms with E-state index in [1.807, 2.05) is 0 Å². The molecular weight excluding hydrogens is 216 g/mol. The Balaban J connectivity index is 0.00000112. The maximum absolute atomic E-state index is 9.77. The number of aliphatic hydroxyl groups excluding tert-OH is 1. The predicted molar refractivity (Wildman–Crippen MR) is 61.5 cm³/mol. The van der Waals surface area contributed by atoms with Crippen LogP contribution in [0.25, 0.3) is 0 Å². The summed E-state index contributed by atoms with van der Waals surface area (Å²) in [5.41, 5.74) is 0. The van der Waals surface area contributed by atoms with E-state index in [4.69, 9.17) is 4.74 Å². The van der Waals surface area contributed by atoms with Gasteiger partial charge < -0.3 is 15.2 Å². The normalized spacial score (nSPS) is 38.4. The minimum absolute atomic E-state index is 0. The number of hydrogen-bond donors (Lipinski definition) is 2. The Morgan fingerprint density at radius 3 is 2.87 bits per heavy atom. The highest BCUT2D eigenvalue weighted by Gasteiger charge is 2.31. The zero-order valence-corrected chi connectivity index (χ0v) is 10.0. The van der Waals surface area contributed by atoms with Crippen LogP contribution in [0, 0.1) is 0 Å². The van der Waals surface area contributed by atoms with Crippen LogP contribution in [0.4, 0.5) is 0 Å². The molecule has 1 unspecified atom stereocenters. The summed E-state index contributed by atoms with van der Waals surface area (Å²) >= 11 is 0. The Morgan fingerprint density at radius 2 is 2.20 bits per heavy atom. The number of nitrogens with one attached hydrogen (secondary N) is 1. The maximum atomic E-state index is 9.77. The molecule has 0 amide bonds. The minimum atomic E-state index is -0.208. The van der Waals surface area contributed by atoms with E-state index in [2.05, 4.69) is 17.1 Å². The average molecular weight is 237 g/mol.